The standard InChI is InChI=1S/C18H18Cl2N2O2/c1-24-15-4-2-3-14(12-15)21-7-9-22(10-8-21)18(23)13-5-6-16(19)17(20)11-13/h2-6,11-12H,7-10H2,1H3. The smallest absolute Gasteiger partial charge is 0.254 e. The maximum Gasteiger partial charge on any atom is 0.254 e. The maximum absolute atomic E-state index is 12.6. The van der Waals surface area contributed by atoms with E-state index in [9.17, 15) is 4.79 Å². The Morgan fingerprint density at radius 2 is 1.75 bits per heavy atom. The number of rotatable bonds is 3. The van der Waals surface area contributed by atoms with Gasteiger partial charge in [-0.1, -0.05) is 29.3 Å². The molecule has 0 saturated carbocycles. The molecule has 1 amide bonds. The zero-order chi connectivity index (χ0) is 17.1. The molecule has 0 unspecified atom stereocenters. The third-order valence-corrected chi connectivity index (χ3v) is 4.89. The van der Waals surface area contributed by atoms with Gasteiger partial charge in [0.25, 0.3) is 5.91 Å². The zero-order valence-electron chi connectivity index (χ0n) is 13.3. The van der Waals surface area contributed by atoms with E-state index in [4.69, 9.17) is 27.9 Å². The van der Waals surface area contributed by atoms with Crippen molar-refractivity contribution < 1.29 is 9.53 Å². The van der Waals surface area contributed by atoms with Crippen LogP contribution in [0, 0.1) is 0 Å². The van der Waals surface area contributed by atoms with Gasteiger partial charge in [0.05, 0.1) is 17.2 Å². The Kier molecular flexibility index (Phi) is 5.17. The maximum atomic E-state index is 12.6. The molecule has 0 aliphatic carbocycles. The second-order valence-corrected chi connectivity index (χ2v) is 6.42. The second kappa shape index (κ2) is 7.32. The van der Waals surface area contributed by atoms with Crippen LogP contribution in [0.25, 0.3) is 0 Å². The van der Waals surface area contributed by atoms with E-state index < -0.39 is 0 Å². The quantitative estimate of drug-likeness (QED) is 0.825. The summed E-state index contributed by atoms with van der Waals surface area (Å²) in [6.45, 7) is 2.88. The second-order valence-electron chi connectivity index (χ2n) is 5.61. The number of piperazine rings is 1. The van der Waals surface area contributed by atoms with Gasteiger partial charge in [-0.15, -0.1) is 0 Å². The Bertz CT molecular complexity index is 744. The van der Waals surface area contributed by atoms with Crippen LogP contribution in [0.15, 0.2) is 42.5 Å². The molecule has 24 heavy (non-hydrogen) atoms. The first kappa shape index (κ1) is 16.9. The van der Waals surface area contributed by atoms with E-state index in [1.54, 1.807) is 25.3 Å². The van der Waals surface area contributed by atoms with Crippen molar-refractivity contribution in [2.24, 2.45) is 0 Å². The monoisotopic (exact) mass is 364 g/mol. The highest BCUT2D eigenvalue weighted by molar-refractivity contribution is 6.42. The molecule has 0 atom stereocenters. The molecule has 4 nitrogen and oxygen atoms in total. The number of carbonyl (C=O) groups is 1. The lowest BCUT2D eigenvalue weighted by Gasteiger charge is -2.36. The number of carbonyl (C=O) groups excluding carboxylic acids is 1. The van der Waals surface area contributed by atoms with Gasteiger partial charge in [0, 0.05) is 43.5 Å². The molecule has 2 aromatic carbocycles. The number of halogens is 2. The Morgan fingerprint density at radius 3 is 2.42 bits per heavy atom. The van der Waals surface area contributed by atoms with Crippen LogP contribution >= 0.6 is 23.2 Å². The van der Waals surface area contributed by atoms with Gasteiger partial charge >= 0.3 is 0 Å². The number of ether oxygens (including phenoxy) is 1. The van der Waals surface area contributed by atoms with Crippen LogP contribution in [-0.2, 0) is 0 Å². The van der Waals surface area contributed by atoms with E-state index in [0.717, 1.165) is 24.5 Å². The average molecular weight is 365 g/mol. The van der Waals surface area contributed by atoms with Crippen molar-refractivity contribution in [1.82, 2.24) is 4.90 Å². The predicted molar refractivity (Wildman–Crippen MR) is 97.6 cm³/mol. The largest absolute Gasteiger partial charge is 0.497 e. The molecule has 1 aliphatic rings. The fourth-order valence-corrected chi connectivity index (χ4v) is 3.08. The van der Waals surface area contributed by atoms with Gasteiger partial charge in [0.15, 0.2) is 0 Å². The average Bonchev–Trinajstić information content (AvgIpc) is 2.63. The predicted octanol–water partition coefficient (Wildman–Crippen LogP) is 3.96. The van der Waals surface area contributed by atoms with E-state index in [1.807, 2.05) is 23.1 Å². The number of hydrogen-bond donors (Lipinski definition) is 0. The Morgan fingerprint density at radius 1 is 1.00 bits per heavy atom. The van der Waals surface area contributed by atoms with Crippen LogP contribution in [0.1, 0.15) is 10.4 Å². The topological polar surface area (TPSA) is 32.8 Å². The summed E-state index contributed by atoms with van der Waals surface area (Å²) in [6.07, 6.45) is 0. The van der Waals surface area contributed by atoms with Crippen molar-refractivity contribution in [3.63, 3.8) is 0 Å². The molecule has 1 heterocycles. The number of benzene rings is 2. The molecular formula is C18H18Cl2N2O2. The molecule has 126 valence electrons. The molecule has 0 N–H and O–H groups in total. The SMILES string of the molecule is COc1cccc(N2CCN(C(=O)c3ccc(Cl)c(Cl)c3)CC2)c1. The van der Waals surface area contributed by atoms with E-state index in [2.05, 4.69) is 11.0 Å². The molecule has 0 bridgehead atoms. The van der Waals surface area contributed by atoms with Gasteiger partial charge < -0.3 is 14.5 Å². The summed E-state index contributed by atoms with van der Waals surface area (Å²) in [5.41, 5.74) is 1.68. The fraction of sp³-hybridized carbons (Fsp3) is 0.278. The Balaban J connectivity index is 1.65. The zero-order valence-corrected chi connectivity index (χ0v) is 14.8. The molecule has 3 rings (SSSR count). The lowest BCUT2D eigenvalue weighted by molar-refractivity contribution is 0.0747. The molecule has 1 saturated heterocycles. The summed E-state index contributed by atoms with van der Waals surface area (Å²) in [5.74, 6) is 0.820. The third-order valence-electron chi connectivity index (χ3n) is 4.15. The van der Waals surface area contributed by atoms with Crippen LogP contribution in [0.4, 0.5) is 5.69 Å². The molecule has 2 aromatic rings. The highest BCUT2D eigenvalue weighted by Crippen LogP contribution is 2.25. The summed E-state index contributed by atoms with van der Waals surface area (Å²) in [6, 6.07) is 13.0. The molecule has 0 spiro atoms. The molecule has 0 aromatic heterocycles. The minimum absolute atomic E-state index is 0.0149. The van der Waals surface area contributed by atoms with Crippen molar-refractivity contribution >= 4 is 34.8 Å². The lowest BCUT2D eigenvalue weighted by atomic mass is 10.1. The molecule has 0 radical (unpaired) electrons. The van der Waals surface area contributed by atoms with E-state index >= 15 is 0 Å². The number of nitrogens with zero attached hydrogens (tertiary/aromatic N) is 2. The summed E-state index contributed by atoms with van der Waals surface area (Å²) < 4.78 is 5.27. The molecule has 1 fully saturated rings. The fourth-order valence-electron chi connectivity index (χ4n) is 2.79. The summed E-state index contributed by atoms with van der Waals surface area (Å²) >= 11 is 11.9. The summed E-state index contributed by atoms with van der Waals surface area (Å²) in [5, 5.41) is 0.855. The number of anilines is 1. The lowest BCUT2D eigenvalue weighted by Crippen LogP contribution is -2.48. The van der Waals surface area contributed by atoms with Crippen molar-refractivity contribution in [2.45, 2.75) is 0 Å². The highest BCUT2D eigenvalue weighted by Gasteiger charge is 2.23. The summed E-state index contributed by atoms with van der Waals surface area (Å²) in [7, 11) is 1.66. The van der Waals surface area contributed by atoms with Crippen LogP contribution in [-0.4, -0.2) is 44.1 Å². The normalized spacial score (nSPS) is 14.6. The van der Waals surface area contributed by atoms with E-state index in [1.165, 1.54) is 0 Å². The summed E-state index contributed by atoms with van der Waals surface area (Å²) in [4.78, 5) is 16.7. The highest BCUT2D eigenvalue weighted by atomic mass is 35.5. The first-order valence-corrected chi connectivity index (χ1v) is 8.47. The van der Waals surface area contributed by atoms with Crippen LogP contribution in [0.2, 0.25) is 10.0 Å². The van der Waals surface area contributed by atoms with E-state index in [0.29, 0.717) is 28.7 Å². The Hall–Kier alpha value is -1.91. The number of methoxy groups -OCH3 is 1. The Labute approximate surface area is 151 Å². The van der Waals surface area contributed by atoms with Crippen LogP contribution in [0.5, 0.6) is 5.75 Å². The van der Waals surface area contributed by atoms with Gasteiger partial charge in [0.1, 0.15) is 5.75 Å². The first-order valence-electron chi connectivity index (χ1n) is 7.72. The number of hydrogen-bond acceptors (Lipinski definition) is 3. The van der Waals surface area contributed by atoms with Crippen LogP contribution in [0.3, 0.4) is 0 Å². The molecule has 1 aliphatic heterocycles. The minimum atomic E-state index is -0.0149. The van der Waals surface area contributed by atoms with Gasteiger partial charge in [-0.05, 0) is 30.3 Å². The molecular weight excluding hydrogens is 347 g/mol. The minimum Gasteiger partial charge on any atom is -0.497 e. The number of amides is 1. The third kappa shape index (κ3) is 3.60. The van der Waals surface area contributed by atoms with Gasteiger partial charge in [0.2, 0.25) is 0 Å². The van der Waals surface area contributed by atoms with Gasteiger partial charge in [-0.25, -0.2) is 0 Å². The van der Waals surface area contributed by atoms with Crippen LogP contribution < -0.4 is 9.64 Å². The van der Waals surface area contributed by atoms with Crippen molar-refractivity contribution in [2.75, 3.05) is 38.2 Å². The first-order chi connectivity index (χ1) is 11.6. The van der Waals surface area contributed by atoms with Crippen molar-refractivity contribution in [3.05, 3.63) is 58.1 Å². The molecule has 6 heteroatoms. The van der Waals surface area contributed by atoms with Crippen molar-refractivity contribution in [1.29, 1.82) is 0 Å². The van der Waals surface area contributed by atoms with Gasteiger partial charge in [-0.3, -0.25) is 4.79 Å². The van der Waals surface area contributed by atoms with E-state index in [-0.39, 0.29) is 5.91 Å². The van der Waals surface area contributed by atoms with Gasteiger partial charge in [-0.2, -0.15) is 0 Å². The van der Waals surface area contributed by atoms with Crippen molar-refractivity contribution in [3.8, 4) is 5.75 Å².